The van der Waals surface area contributed by atoms with Gasteiger partial charge in [-0.1, -0.05) is 0 Å². The maximum atomic E-state index is 11.4. The van der Waals surface area contributed by atoms with Gasteiger partial charge in [0.15, 0.2) is 6.29 Å². The van der Waals surface area contributed by atoms with Crippen LogP contribution < -0.4 is 5.32 Å². The van der Waals surface area contributed by atoms with Gasteiger partial charge in [-0.3, -0.25) is 4.79 Å². The Kier molecular flexibility index (Phi) is 3.99. The molecule has 4 aliphatic rings. The third-order valence-corrected chi connectivity index (χ3v) is 3.80. The van der Waals surface area contributed by atoms with E-state index in [1.807, 2.05) is 48.6 Å². The van der Waals surface area contributed by atoms with Gasteiger partial charge in [-0.2, -0.15) is 0 Å². The highest BCUT2D eigenvalue weighted by Gasteiger charge is 2.10. The van der Waals surface area contributed by atoms with Gasteiger partial charge in [0.2, 0.25) is 0 Å². The molecule has 0 saturated heterocycles. The van der Waals surface area contributed by atoms with Crippen LogP contribution in [0.2, 0.25) is 0 Å². The van der Waals surface area contributed by atoms with Crippen LogP contribution in [0, 0.1) is 0 Å². The molecule has 0 aromatic carbocycles. The van der Waals surface area contributed by atoms with Crippen LogP contribution in [0.1, 0.15) is 0 Å². The van der Waals surface area contributed by atoms with E-state index in [1.165, 1.54) is 0 Å². The molecule has 6 nitrogen and oxygen atoms in total. The maximum absolute atomic E-state index is 11.4. The molecule has 126 valence electrons. The molecule has 2 N–H and O–H groups in total. The third-order valence-electron chi connectivity index (χ3n) is 3.80. The first-order valence-electron chi connectivity index (χ1n) is 7.95. The monoisotopic (exact) mass is 342 g/mol. The zero-order valence-corrected chi connectivity index (χ0v) is 13.6. The summed E-state index contributed by atoms with van der Waals surface area (Å²) < 4.78 is 0. The summed E-state index contributed by atoms with van der Waals surface area (Å²) in [4.78, 5) is 24.8. The fraction of sp³-hybridized carbons (Fsp3) is 0. The Balaban J connectivity index is 1.81. The molecule has 0 aromatic rings. The van der Waals surface area contributed by atoms with Crippen LogP contribution >= 0.6 is 0 Å². The number of aliphatic hydroxyl groups is 1. The molecule has 0 saturated carbocycles. The molecule has 0 spiro atoms. The number of fused-ring (bicyclic) bond motifs is 3. The lowest BCUT2D eigenvalue weighted by Gasteiger charge is -2.05. The normalized spacial score (nSPS) is 22.2. The summed E-state index contributed by atoms with van der Waals surface area (Å²) in [6.45, 7) is 0. The molecular formula is C20H14N4O2. The molecule has 0 aromatic heterocycles. The van der Waals surface area contributed by atoms with Crippen LogP contribution in [0.4, 0.5) is 0 Å². The number of aldehydes is 1. The summed E-state index contributed by atoms with van der Waals surface area (Å²) >= 11 is 0. The lowest BCUT2D eigenvalue weighted by molar-refractivity contribution is -0.105. The molecule has 4 rings (SSSR count). The molecule has 6 heteroatoms. The minimum absolute atomic E-state index is 0.269. The Morgan fingerprint density at radius 2 is 1.23 bits per heavy atom. The van der Waals surface area contributed by atoms with E-state index in [1.54, 1.807) is 12.2 Å². The van der Waals surface area contributed by atoms with E-state index in [4.69, 9.17) is 0 Å². The average molecular weight is 342 g/mol. The van der Waals surface area contributed by atoms with E-state index in [2.05, 4.69) is 20.3 Å². The SMILES string of the molecule is O=CC1=CC2=NC(=CC3=NC(=CC4=NC(=C/C(=C/O)N1)C=C4)C=C3)C=C2. The zero-order valence-electron chi connectivity index (χ0n) is 13.6. The Hall–Kier alpha value is -3.80. The van der Waals surface area contributed by atoms with Crippen molar-refractivity contribution in [1.82, 2.24) is 5.32 Å². The Morgan fingerprint density at radius 1 is 0.731 bits per heavy atom. The lowest BCUT2D eigenvalue weighted by Crippen LogP contribution is -2.14. The minimum atomic E-state index is 0.269. The molecule has 0 fully saturated rings. The fourth-order valence-corrected chi connectivity index (χ4v) is 2.66. The molecule has 0 unspecified atom stereocenters. The largest absolute Gasteiger partial charge is 0.513 e. The standard InChI is InChI=1S/C20H14N4O2/c25-11-19-9-17-5-3-15(22-17)7-13-1-2-14(21-13)8-16-4-6-18(23-16)10-20(12-26)24-19/h1-12,24-25H/b13-7?,16-8?,17-9?,19-11-,20-10?. The second-order valence-electron chi connectivity index (χ2n) is 5.74. The molecule has 0 radical (unpaired) electrons. The van der Waals surface area contributed by atoms with Crippen LogP contribution in [0.3, 0.4) is 0 Å². The van der Waals surface area contributed by atoms with E-state index in [-0.39, 0.29) is 5.70 Å². The lowest BCUT2D eigenvalue weighted by atomic mass is 10.2. The highest BCUT2D eigenvalue weighted by atomic mass is 16.2. The smallest absolute Gasteiger partial charge is 0.166 e. The van der Waals surface area contributed by atoms with Crippen LogP contribution in [0.25, 0.3) is 0 Å². The van der Waals surface area contributed by atoms with E-state index in [0.717, 1.165) is 29.1 Å². The summed E-state index contributed by atoms with van der Waals surface area (Å²) in [7, 11) is 0. The van der Waals surface area contributed by atoms with Crippen molar-refractivity contribution >= 4 is 23.4 Å². The predicted octanol–water partition coefficient (Wildman–Crippen LogP) is 2.76. The van der Waals surface area contributed by atoms with Crippen LogP contribution in [0.5, 0.6) is 0 Å². The second kappa shape index (κ2) is 6.60. The molecule has 6 bridgehead atoms. The van der Waals surface area contributed by atoms with Crippen molar-refractivity contribution in [1.29, 1.82) is 0 Å². The number of carbonyl (C=O) groups excluding carboxylic acids is 1. The summed E-state index contributed by atoms with van der Waals surface area (Å²) in [5.41, 5.74) is 4.99. The van der Waals surface area contributed by atoms with Gasteiger partial charge in [0.05, 0.1) is 45.6 Å². The van der Waals surface area contributed by atoms with Crippen molar-refractivity contribution in [3.05, 3.63) is 95.5 Å². The van der Waals surface area contributed by atoms with Crippen LogP contribution in [0.15, 0.2) is 110 Å². The zero-order chi connectivity index (χ0) is 17.9. The summed E-state index contributed by atoms with van der Waals surface area (Å²) in [5.74, 6) is 0. The number of hydrogen-bond donors (Lipinski definition) is 2. The van der Waals surface area contributed by atoms with Crippen molar-refractivity contribution < 1.29 is 9.90 Å². The van der Waals surface area contributed by atoms with Crippen molar-refractivity contribution in [3.8, 4) is 0 Å². The Labute approximate surface area is 149 Å². The number of nitrogens with zero attached hydrogens (tertiary/aromatic N) is 3. The molecule has 4 heterocycles. The number of allylic oxidation sites excluding steroid dienone is 11. The number of aliphatic hydroxyl groups excluding tert-OH is 1. The van der Waals surface area contributed by atoms with Gasteiger partial charge < -0.3 is 10.4 Å². The average Bonchev–Trinajstić information content (AvgIpc) is 3.36. The molecule has 26 heavy (non-hydrogen) atoms. The predicted molar refractivity (Wildman–Crippen MR) is 102 cm³/mol. The first kappa shape index (κ1) is 15.7. The molecule has 0 atom stereocenters. The van der Waals surface area contributed by atoms with Crippen molar-refractivity contribution in [3.63, 3.8) is 0 Å². The van der Waals surface area contributed by atoms with Gasteiger partial charge in [-0.05, 0) is 60.8 Å². The number of aliphatic imine (C=N–C) groups is 3. The van der Waals surface area contributed by atoms with Crippen molar-refractivity contribution in [2.75, 3.05) is 0 Å². The van der Waals surface area contributed by atoms with E-state index < -0.39 is 0 Å². The number of rotatable bonds is 1. The quantitative estimate of drug-likeness (QED) is 0.567. The number of hydrogen-bond acceptors (Lipinski definition) is 6. The first-order valence-corrected chi connectivity index (χ1v) is 7.95. The van der Waals surface area contributed by atoms with E-state index >= 15 is 0 Å². The van der Waals surface area contributed by atoms with E-state index in [0.29, 0.717) is 23.4 Å². The maximum Gasteiger partial charge on any atom is 0.166 e. The Bertz CT molecular complexity index is 1020. The van der Waals surface area contributed by atoms with Crippen molar-refractivity contribution in [2.24, 2.45) is 15.0 Å². The molecule has 0 amide bonds. The van der Waals surface area contributed by atoms with Gasteiger partial charge in [0, 0.05) is 0 Å². The minimum Gasteiger partial charge on any atom is -0.513 e. The summed E-state index contributed by atoms with van der Waals surface area (Å²) in [6.07, 6.45) is 19.7. The van der Waals surface area contributed by atoms with Gasteiger partial charge in [-0.15, -0.1) is 0 Å². The number of carbonyl (C=O) groups is 1. The first-order chi connectivity index (χ1) is 12.7. The molecule has 0 aliphatic carbocycles. The Morgan fingerprint density at radius 3 is 1.73 bits per heavy atom. The summed E-state index contributed by atoms with van der Waals surface area (Å²) in [6, 6.07) is 0. The van der Waals surface area contributed by atoms with Crippen molar-refractivity contribution in [2.45, 2.75) is 0 Å². The highest BCUT2D eigenvalue weighted by molar-refractivity contribution is 6.13. The molecule has 4 aliphatic heterocycles. The topological polar surface area (TPSA) is 86.4 Å². The fourth-order valence-electron chi connectivity index (χ4n) is 2.66. The van der Waals surface area contributed by atoms with Crippen LogP contribution in [-0.2, 0) is 4.79 Å². The second-order valence-corrected chi connectivity index (χ2v) is 5.74. The third kappa shape index (κ3) is 3.34. The molecular weight excluding hydrogens is 328 g/mol. The highest BCUT2D eigenvalue weighted by Crippen LogP contribution is 2.18. The summed E-state index contributed by atoms with van der Waals surface area (Å²) in [5, 5.41) is 12.3. The number of nitrogens with one attached hydrogen (secondary N) is 1. The van der Waals surface area contributed by atoms with E-state index in [9.17, 15) is 9.90 Å². The van der Waals surface area contributed by atoms with Crippen LogP contribution in [-0.4, -0.2) is 28.5 Å². The van der Waals surface area contributed by atoms with Gasteiger partial charge in [0.25, 0.3) is 0 Å². The van der Waals surface area contributed by atoms with Gasteiger partial charge >= 0.3 is 0 Å². The van der Waals surface area contributed by atoms with Gasteiger partial charge in [-0.25, -0.2) is 15.0 Å². The van der Waals surface area contributed by atoms with Gasteiger partial charge in [0.1, 0.15) is 6.26 Å².